The van der Waals surface area contributed by atoms with Crippen LogP contribution in [0, 0.1) is 5.92 Å². The molecule has 0 aromatic carbocycles. The van der Waals surface area contributed by atoms with Gasteiger partial charge in [-0.15, -0.1) is 0 Å². The summed E-state index contributed by atoms with van der Waals surface area (Å²) in [5.41, 5.74) is 0. The van der Waals surface area contributed by atoms with Crippen molar-refractivity contribution in [1.82, 2.24) is 10.6 Å². The van der Waals surface area contributed by atoms with E-state index in [-0.39, 0.29) is 11.8 Å². The molecule has 0 atom stereocenters. The lowest BCUT2D eigenvalue weighted by Crippen LogP contribution is -2.45. The molecule has 0 aromatic heterocycles. The first kappa shape index (κ1) is 10.9. The molecule has 2 rings (SSSR count). The van der Waals surface area contributed by atoms with Crippen LogP contribution in [0.1, 0.15) is 44.9 Å². The molecule has 0 aliphatic heterocycles. The number of rotatable bonds is 3. The van der Waals surface area contributed by atoms with Gasteiger partial charge in [-0.1, -0.05) is 6.42 Å². The zero-order valence-corrected chi connectivity index (χ0v) is 9.59. The second-order valence-corrected chi connectivity index (χ2v) is 4.96. The molecule has 0 unspecified atom stereocenters. The molecule has 15 heavy (non-hydrogen) atoms. The number of carbonyl (C=O) groups excluding carboxylic acids is 1. The fourth-order valence-corrected chi connectivity index (χ4v) is 2.63. The number of hydrogen-bond acceptors (Lipinski definition) is 2. The highest BCUT2D eigenvalue weighted by Gasteiger charge is 2.28. The largest absolute Gasteiger partial charge is 0.359 e. The lowest BCUT2D eigenvalue weighted by atomic mass is 9.83. The van der Waals surface area contributed by atoms with Gasteiger partial charge in [0.1, 0.15) is 0 Å². The third-order valence-electron chi connectivity index (χ3n) is 3.92. The fourth-order valence-electron chi connectivity index (χ4n) is 2.63. The minimum atomic E-state index is 0.233. The first-order valence-corrected chi connectivity index (χ1v) is 6.27. The molecule has 0 bridgehead atoms. The van der Waals surface area contributed by atoms with Gasteiger partial charge in [0, 0.05) is 25.0 Å². The predicted octanol–water partition coefficient (Wildman–Crippen LogP) is 1.43. The summed E-state index contributed by atoms with van der Waals surface area (Å²) < 4.78 is 0. The van der Waals surface area contributed by atoms with E-state index in [2.05, 4.69) is 10.6 Å². The van der Waals surface area contributed by atoms with Crippen LogP contribution in [0.15, 0.2) is 0 Å². The van der Waals surface area contributed by atoms with Crippen molar-refractivity contribution >= 4 is 5.91 Å². The van der Waals surface area contributed by atoms with Gasteiger partial charge in [-0.25, -0.2) is 0 Å². The maximum Gasteiger partial charge on any atom is 0.222 e. The van der Waals surface area contributed by atoms with Gasteiger partial charge >= 0.3 is 0 Å². The van der Waals surface area contributed by atoms with E-state index in [1.165, 1.54) is 32.1 Å². The Morgan fingerprint density at radius 1 is 1.00 bits per heavy atom. The molecule has 2 N–H and O–H groups in total. The molecule has 2 aliphatic rings. The maximum absolute atomic E-state index is 11.4. The zero-order chi connectivity index (χ0) is 10.7. The maximum atomic E-state index is 11.4. The van der Waals surface area contributed by atoms with E-state index in [1.807, 2.05) is 0 Å². The molecule has 2 fully saturated rings. The molecule has 3 heteroatoms. The van der Waals surface area contributed by atoms with Gasteiger partial charge in [-0.2, -0.15) is 0 Å². The highest BCUT2D eigenvalue weighted by molar-refractivity contribution is 5.78. The molecule has 0 spiro atoms. The summed E-state index contributed by atoms with van der Waals surface area (Å²) >= 11 is 0. The van der Waals surface area contributed by atoms with E-state index >= 15 is 0 Å². The SMILES string of the molecule is CNC(=O)C1CCC(NC2CCC2)CC1. The van der Waals surface area contributed by atoms with Crippen molar-refractivity contribution in [2.75, 3.05) is 7.05 Å². The quantitative estimate of drug-likeness (QED) is 0.740. The molecule has 0 aromatic rings. The molecule has 2 saturated carbocycles. The summed E-state index contributed by atoms with van der Waals surface area (Å²) in [5, 5.41) is 6.45. The van der Waals surface area contributed by atoms with Crippen molar-refractivity contribution < 1.29 is 4.79 Å². The summed E-state index contributed by atoms with van der Waals surface area (Å²) in [6.45, 7) is 0. The highest BCUT2D eigenvalue weighted by atomic mass is 16.1. The van der Waals surface area contributed by atoms with Crippen molar-refractivity contribution in [1.29, 1.82) is 0 Å². The average molecular weight is 210 g/mol. The van der Waals surface area contributed by atoms with Crippen molar-refractivity contribution in [3.05, 3.63) is 0 Å². The third-order valence-corrected chi connectivity index (χ3v) is 3.92. The number of carbonyl (C=O) groups is 1. The lowest BCUT2D eigenvalue weighted by molar-refractivity contribution is -0.125. The summed E-state index contributed by atoms with van der Waals surface area (Å²) in [5.74, 6) is 0.506. The van der Waals surface area contributed by atoms with Gasteiger partial charge in [0.2, 0.25) is 5.91 Å². The zero-order valence-electron chi connectivity index (χ0n) is 9.59. The van der Waals surface area contributed by atoms with Crippen molar-refractivity contribution in [2.45, 2.75) is 57.0 Å². The van der Waals surface area contributed by atoms with E-state index < -0.39 is 0 Å². The number of amides is 1. The van der Waals surface area contributed by atoms with Gasteiger partial charge in [-0.3, -0.25) is 4.79 Å². The Bertz CT molecular complexity index is 218. The van der Waals surface area contributed by atoms with Crippen LogP contribution < -0.4 is 10.6 Å². The Morgan fingerprint density at radius 3 is 2.07 bits per heavy atom. The predicted molar refractivity (Wildman–Crippen MR) is 60.6 cm³/mol. The smallest absolute Gasteiger partial charge is 0.222 e. The van der Waals surface area contributed by atoms with Crippen LogP contribution >= 0.6 is 0 Å². The van der Waals surface area contributed by atoms with Gasteiger partial charge < -0.3 is 10.6 Å². The second kappa shape index (κ2) is 4.97. The molecule has 1 amide bonds. The Labute approximate surface area is 92.0 Å². The Hall–Kier alpha value is -0.570. The van der Waals surface area contributed by atoms with E-state index in [0.29, 0.717) is 6.04 Å². The summed E-state index contributed by atoms with van der Waals surface area (Å²) in [6, 6.07) is 1.46. The molecule has 0 heterocycles. The van der Waals surface area contributed by atoms with Crippen LogP contribution in [0.3, 0.4) is 0 Å². The Balaban J connectivity index is 1.69. The minimum Gasteiger partial charge on any atom is -0.359 e. The topological polar surface area (TPSA) is 41.1 Å². The van der Waals surface area contributed by atoms with E-state index in [0.717, 1.165) is 18.9 Å². The number of nitrogens with one attached hydrogen (secondary N) is 2. The molecular formula is C12H22N2O. The van der Waals surface area contributed by atoms with Crippen molar-refractivity contribution in [2.24, 2.45) is 5.92 Å². The normalized spacial score (nSPS) is 32.1. The summed E-state index contributed by atoms with van der Waals surface area (Å²) in [7, 11) is 1.74. The third kappa shape index (κ3) is 2.71. The molecule has 0 radical (unpaired) electrons. The lowest BCUT2D eigenvalue weighted by Gasteiger charge is -2.35. The monoisotopic (exact) mass is 210 g/mol. The standard InChI is InChI=1S/C12H22N2O/c1-13-12(15)9-5-7-11(8-6-9)14-10-3-2-4-10/h9-11,14H,2-8H2,1H3,(H,13,15). The highest BCUT2D eigenvalue weighted by Crippen LogP contribution is 2.27. The minimum absolute atomic E-state index is 0.233. The Kier molecular flexibility index (Phi) is 3.62. The first-order valence-electron chi connectivity index (χ1n) is 6.27. The van der Waals surface area contributed by atoms with Gasteiger partial charge in [0.25, 0.3) is 0 Å². The first-order chi connectivity index (χ1) is 7.29. The van der Waals surface area contributed by atoms with Crippen LogP contribution in [0.25, 0.3) is 0 Å². The molecule has 2 aliphatic carbocycles. The van der Waals surface area contributed by atoms with Crippen LogP contribution in [-0.2, 0) is 4.79 Å². The van der Waals surface area contributed by atoms with Gasteiger partial charge in [0.05, 0.1) is 0 Å². The second-order valence-electron chi connectivity index (χ2n) is 4.96. The number of hydrogen-bond donors (Lipinski definition) is 2. The molecule has 86 valence electrons. The van der Waals surface area contributed by atoms with Crippen LogP contribution in [0.4, 0.5) is 0 Å². The van der Waals surface area contributed by atoms with Gasteiger partial charge in [-0.05, 0) is 38.5 Å². The van der Waals surface area contributed by atoms with Crippen LogP contribution in [-0.4, -0.2) is 25.0 Å². The summed E-state index contributed by atoms with van der Waals surface area (Å²) in [4.78, 5) is 11.4. The average Bonchev–Trinajstić information content (AvgIpc) is 2.23. The van der Waals surface area contributed by atoms with Crippen molar-refractivity contribution in [3.8, 4) is 0 Å². The van der Waals surface area contributed by atoms with Crippen LogP contribution in [0.5, 0.6) is 0 Å². The Morgan fingerprint density at radius 2 is 1.60 bits per heavy atom. The van der Waals surface area contributed by atoms with Crippen molar-refractivity contribution in [3.63, 3.8) is 0 Å². The van der Waals surface area contributed by atoms with E-state index in [1.54, 1.807) is 7.05 Å². The van der Waals surface area contributed by atoms with E-state index in [4.69, 9.17) is 0 Å². The van der Waals surface area contributed by atoms with Crippen LogP contribution in [0.2, 0.25) is 0 Å². The van der Waals surface area contributed by atoms with Gasteiger partial charge in [0.15, 0.2) is 0 Å². The molecule has 0 saturated heterocycles. The molecule has 3 nitrogen and oxygen atoms in total. The molecular weight excluding hydrogens is 188 g/mol. The fraction of sp³-hybridized carbons (Fsp3) is 0.917. The summed E-state index contributed by atoms with van der Waals surface area (Å²) in [6.07, 6.45) is 8.58. The van der Waals surface area contributed by atoms with E-state index in [9.17, 15) is 4.79 Å².